The third-order valence-electron chi connectivity index (χ3n) is 12.5. The molecule has 15 nitrogen and oxygen atoms in total. The van der Waals surface area contributed by atoms with Crippen molar-refractivity contribution < 1.29 is 68.3 Å². The van der Waals surface area contributed by atoms with E-state index in [-0.39, 0.29) is 52.5 Å². The average molecular weight is 784 g/mol. The Morgan fingerprint density at radius 3 is 2.04 bits per heavy atom. The molecule has 2 aromatic carbocycles. The van der Waals surface area contributed by atoms with Gasteiger partial charge in [-0.1, -0.05) is 13.8 Å². The summed E-state index contributed by atoms with van der Waals surface area (Å²) < 4.78 is 37.6. The lowest BCUT2D eigenvalue weighted by Crippen LogP contribution is -2.58. The fourth-order valence-corrected chi connectivity index (χ4v) is 9.03. The van der Waals surface area contributed by atoms with Gasteiger partial charge in [0.25, 0.3) is 0 Å². The third-order valence-corrected chi connectivity index (χ3v) is 12.5. The molecule has 3 heterocycles. The standard InChI is InChI=1S/C41H53NO14/c1-8-41(5)16-27(31-21(40(41)50)13-20-32(36(31)48)37(49)34-25(45)10-9-24(44)33(34)35(20)47)54-29-14-22(42(6)7)38(18(3)52-29)56-30-15-26(46)39(19(4)53-30)55-28-12-11-23(43)17(2)51-28/h9-10,13,17-19,22,26-30,38-40,44-46,48,50H,8,11-12,14-16H2,1-7H3/t17?,18?,19?,22?,26?,27?,28?,29-,30?,38?,39?,40?,41?/m0/s1. The number of aliphatic hydroxyl groups is 2. The van der Waals surface area contributed by atoms with E-state index in [1.807, 2.05) is 39.8 Å². The number of likely N-dealkylation sites (N-methyl/N-ethyl adjacent to an activating group) is 1. The van der Waals surface area contributed by atoms with Gasteiger partial charge in [0.2, 0.25) is 5.78 Å². The Labute approximate surface area is 325 Å². The minimum atomic E-state index is -1.14. The van der Waals surface area contributed by atoms with Crippen molar-refractivity contribution in [2.24, 2.45) is 5.41 Å². The number of Topliss-reactive ketones (excluding diaryl/α,β-unsaturated/α-hetero) is 1. The van der Waals surface area contributed by atoms with Crippen LogP contribution in [0.1, 0.15) is 128 Å². The number of ether oxygens (including phenoxy) is 6. The van der Waals surface area contributed by atoms with Crippen LogP contribution in [0.25, 0.3) is 0 Å². The monoisotopic (exact) mass is 783 g/mol. The number of hydrogen-bond acceptors (Lipinski definition) is 15. The summed E-state index contributed by atoms with van der Waals surface area (Å²) >= 11 is 0. The van der Waals surface area contributed by atoms with Gasteiger partial charge in [-0.15, -0.1) is 0 Å². The molecule has 0 aromatic heterocycles. The first-order valence-electron chi connectivity index (χ1n) is 19.5. The normalized spacial score (nSPS) is 37.3. The molecule has 3 saturated heterocycles. The van der Waals surface area contributed by atoms with Gasteiger partial charge in [0.05, 0.1) is 47.2 Å². The van der Waals surface area contributed by atoms with E-state index < -0.39 is 107 Å². The maximum absolute atomic E-state index is 13.8. The highest BCUT2D eigenvalue weighted by Gasteiger charge is 2.50. The minimum Gasteiger partial charge on any atom is -0.507 e. The zero-order valence-electron chi connectivity index (χ0n) is 32.8. The summed E-state index contributed by atoms with van der Waals surface area (Å²) in [5.41, 5.74) is -1.70. The van der Waals surface area contributed by atoms with Gasteiger partial charge in [-0.2, -0.15) is 0 Å². The maximum Gasteiger partial charge on any atom is 0.202 e. The smallest absolute Gasteiger partial charge is 0.202 e. The van der Waals surface area contributed by atoms with Crippen LogP contribution < -0.4 is 0 Å². The predicted octanol–water partition coefficient (Wildman–Crippen LogP) is 3.92. The molecule has 3 fully saturated rings. The number of fused-ring (bicyclic) bond motifs is 3. The van der Waals surface area contributed by atoms with Crippen LogP contribution in [0.2, 0.25) is 0 Å². The molecule has 56 heavy (non-hydrogen) atoms. The second-order valence-corrected chi connectivity index (χ2v) is 16.4. The zero-order chi connectivity index (χ0) is 40.5. The molecule has 0 amide bonds. The number of phenols is 3. The first-order chi connectivity index (χ1) is 26.4. The zero-order valence-corrected chi connectivity index (χ0v) is 32.8. The van der Waals surface area contributed by atoms with E-state index >= 15 is 0 Å². The Bertz CT molecular complexity index is 1870. The summed E-state index contributed by atoms with van der Waals surface area (Å²) in [6, 6.07) is 3.35. The molecule has 7 rings (SSSR count). The van der Waals surface area contributed by atoms with Crippen LogP contribution in [0.5, 0.6) is 17.2 Å². The number of aromatic hydroxyl groups is 3. The van der Waals surface area contributed by atoms with Crippen molar-refractivity contribution in [3.63, 3.8) is 0 Å². The Hall–Kier alpha value is -3.51. The first kappa shape index (κ1) is 40.7. The van der Waals surface area contributed by atoms with Gasteiger partial charge in [0.15, 0.2) is 30.4 Å². The van der Waals surface area contributed by atoms with Gasteiger partial charge in [-0.25, -0.2) is 0 Å². The van der Waals surface area contributed by atoms with E-state index in [0.29, 0.717) is 25.7 Å². The topological polar surface area (TPSA) is 211 Å². The van der Waals surface area contributed by atoms with Crippen LogP contribution >= 0.6 is 0 Å². The quantitative estimate of drug-likeness (QED) is 0.205. The van der Waals surface area contributed by atoms with Crippen LogP contribution in [0.15, 0.2) is 18.2 Å². The number of hydrogen-bond donors (Lipinski definition) is 5. The van der Waals surface area contributed by atoms with Crippen molar-refractivity contribution in [1.29, 1.82) is 0 Å². The summed E-state index contributed by atoms with van der Waals surface area (Å²) in [5, 5.41) is 55.8. The van der Waals surface area contributed by atoms with E-state index in [0.717, 1.165) is 12.1 Å². The summed E-state index contributed by atoms with van der Waals surface area (Å²) in [6.45, 7) is 9.13. The fourth-order valence-electron chi connectivity index (χ4n) is 9.03. The van der Waals surface area contributed by atoms with Crippen LogP contribution in [0, 0.1) is 5.41 Å². The van der Waals surface area contributed by atoms with Gasteiger partial charge >= 0.3 is 0 Å². The number of rotatable bonds is 8. The maximum atomic E-state index is 13.8. The summed E-state index contributed by atoms with van der Waals surface area (Å²) in [7, 11) is 3.81. The Morgan fingerprint density at radius 2 is 1.43 bits per heavy atom. The van der Waals surface area contributed by atoms with Crippen molar-refractivity contribution in [3.8, 4) is 17.2 Å². The number of nitrogens with zero attached hydrogens (tertiary/aromatic N) is 1. The van der Waals surface area contributed by atoms with Crippen LogP contribution in [0.3, 0.4) is 0 Å². The molecule has 306 valence electrons. The predicted molar refractivity (Wildman–Crippen MR) is 196 cm³/mol. The number of aliphatic hydroxyl groups excluding tert-OH is 2. The highest BCUT2D eigenvalue weighted by Crippen LogP contribution is 2.56. The molecule has 15 heteroatoms. The van der Waals surface area contributed by atoms with Crippen molar-refractivity contribution in [3.05, 3.63) is 51.6 Å². The fraction of sp³-hybridized carbons (Fsp3) is 0.634. The Balaban J connectivity index is 1.11. The first-order valence-corrected chi connectivity index (χ1v) is 19.5. The molecule has 0 bridgehead atoms. The second kappa shape index (κ2) is 15.3. The molecule has 13 atom stereocenters. The molecule has 0 radical (unpaired) electrons. The highest BCUT2D eigenvalue weighted by atomic mass is 16.7. The van der Waals surface area contributed by atoms with Crippen molar-refractivity contribution in [1.82, 2.24) is 4.90 Å². The Kier molecular flexibility index (Phi) is 11.1. The number of carbonyl (C=O) groups is 3. The molecule has 12 unspecified atom stereocenters. The highest BCUT2D eigenvalue weighted by molar-refractivity contribution is 6.31. The van der Waals surface area contributed by atoms with E-state index in [4.69, 9.17) is 28.4 Å². The van der Waals surface area contributed by atoms with Crippen LogP contribution in [-0.4, -0.2) is 123 Å². The average Bonchev–Trinajstić information content (AvgIpc) is 3.13. The van der Waals surface area contributed by atoms with Crippen molar-refractivity contribution in [2.45, 2.75) is 147 Å². The molecule has 3 aliphatic heterocycles. The number of ketones is 3. The number of benzene rings is 2. The van der Waals surface area contributed by atoms with Crippen LogP contribution in [-0.2, 0) is 33.2 Å². The van der Waals surface area contributed by atoms with E-state index in [1.54, 1.807) is 13.8 Å². The molecule has 0 saturated carbocycles. The lowest BCUT2D eigenvalue weighted by molar-refractivity contribution is -0.324. The van der Waals surface area contributed by atoms with Gasteiger partial charge in [0.1, 0.15) is 35.6 Å². The van der Waals surface area contributed by atoms with Crippen molar-refractivity contribution >= 4 is 17.3 Å². The van der Waals surface area contributed by atoms with E-state index in [1.165, 1.54) is 6.07 Å². The van der Waals surface area contributed by atoms with Crippen LogP contribution in [0.4, 0.5) is 0 Å². The van der Waals surface area contributed by atoms with E-state index in [2.05, 4.69) is 0 Å². The molecule has 2 aromatic rings. The Morgan fingerprint density at radius 1 is 0.821 bits per heavy atom. The van der Waals surface area contributed by atoms with Gasteiger partial charge in [-0.3, -0.25) is 14.4 Å². The number of phenolic OH excluding ortho intramolecular Hbond substituents is 3. The number of carbonyl (C=O) groups excluding carboxylic acids is 3. The van der Waals surface area contributed by atoms with Crippen molar-refractivity contribution in [2.75, 3.05) is 14.1 Å². The SMILES string of the molecule is CCC1(C)CC(O[C@H]2CC(N(C)C)C(OC3CC(O)C(OC4CCC(=O)C(C)O4)C(C)O3)C(C)O2)c2c(cc3c(c2O)C(=O)c2c(O)ccc(O)c2C3=O)C1O. The molecule has 5 aliphatic rings. The third kappa shape index (κ3) is 7.04. The molecule has 0 spiro atoms. The molecular weight excluding hydrogens is 730 g/mol. The molecular formula is C41H53NO14. The largest absolute Gasteiger partial charge is 0.507 e. The van der Waals surface area contributed by atoms with Gasteiger partial charge in [0, 0.05) is 48.3 Å². The summed E-state index contributed by atoms with van der Waals surface area (Å²) in [6.07, 6.45) is -6.12. The summed E-state index contributed by atoms with van der Waals surface area (Å²) in [4.78, 5) is 41.5. The second-order valence-electron chi connectivity index (χ2n) is 16.4. The van der Waals surface area contributed by atoms with Gasteiger partial charge < -0.3 is 58.9 Å². The van der Waals surface area contributed by atoms with E-state index in [9.17, 15) is 39.9 Å². The lowest BCUT2D eigenvalue weighted by Gasteiger charge is -2.48. The molecule has 2 aliphatic carbocycles. The lowest BCUT2D eigenvalue weighted by atomic mass is 9.66. The minimum absolute atomic E-state index is 0.0160. The molecule has 5 N–H and O–H groups in total. The summed E-state index contributed by atoms with van der Waals surface area (Å²) in [5.74, 6) is -3.13. The van der Waals surface area contributed by atoms with Gasteiger partial charge in [-0.05, 0) is 71.5 Å².